The van der Waals surface area contributed by atoms with Crippen LogP contribution < -0.4 is 0 Å². The summed E-state index contributed by atoms with van der Waals surface area (Å²) in [4.78, 5) is 21.2. The standard InChI is InChI=1S/C10H14O8S/c11-3-5(12)9(16)10(17)6(13)4-18-7(14)1-2-8(15)19/h5-6,9-13,16-17H,3-4H2,(H,15,19). The number of thiol groups is 1. The number of hydrogen-bond donors (Lipinski definition) is 6. The number of aliphatic hydroxyl groups is 5. The highest BCUT2D eigenvalue weighted by atomic mass is 32.1. The van der Waals surface area contributed by atoms with Crippen molar-refractivity contribution in [3.63, 3.8) is 0 Å². The average Bonchev–Trinajstić information content (AvgIpc) is 2.39. The molecular weight excluding hydrogens is 280 g/mol. The smallest absolute Gasteiger partial charge is 0.384 e. The fourth-order valence-electron chi connectivity index (χ4n) is 0.963. The molecule has 0 aromatic carbocycles. The summed E-state index contributed by atoms with van der Waals surface area (Å²) < 4.78 is 4.37. The third-order valence-electron chi connectivity index (χ3n) is 1.98. The van der Waals surface area contributed by atoms with Gasteiger partial charge in [-0.2, -0.15) is 0 Å². The van der Waals surface area contributed by atoms with Crippen LogP contribution in [0.25, 0.3) is 0 Å². The molecule has 0 amide bonds. The maximum Gasteiger partial charge on any atom is 0.384 e. The molecule has 4 unspecified atom stereocenters. The lowest BCUT2D eigenvalue weighted by Gasteiger charge is -2.25. The van der Waals surface area contributed by atoms with Gasteiger partial charge >= 0.3 is 5.97 Å². The minimum atomic E-state index is -1.84. The Bertz CT molecular complexity index is 373. The summed E-state index contributed by atoms with van der Waals surface area (Å²) in [6, 6.07) is 0. The SMILES string of the molecule is O=C(S)C#CC(=O)OCC(O)C(O)C(O)C(O)CO. The van der Waals surface area contributed by atoms with E-state index in [4.69, 9.17) is 10.2 Å². The summed E-state index contributed by atoms with van der Waals surface area (Å²) in [7, 11) is 0. The van der Waals surface area contributed by atoms with E-state index in [-0.39, 0.29) is 0 Å². The van der Waals surface area contributed by atoms with Gasteiger partial charge in [0.25, 0.3) is 5.12 Å². The van der Waals surface area contributed by atoms with Crippen LogP contribution in [0.5, 0.6) is 0 Å². The first-order valence-electron chi connectivity index (χ1n) is 5.04. The van der Waals surface area contributed by atoms with Crippen molar-refractivity contribution in [3.05, 3.63) is 0 Å². The lowest BCUT2D eigenvalue weighted by Crippen LogP contribution is -2.47. The summed E-state index contributed by atoms with van der Waals surface area (Å²) in [6.07, 6.45) is -7.01. The third kappa shape index (κ3) is 7.12. The molecule has 0 aromatic rings. The molecule has 4 atom stereocenters. The second-order valence-electron chi connectivity index (χ2n) is 3.45. The Kier molecular flexibility index (Phi) is 8.33. The van der Waals surface area contributed by atoms with Crippen molar-refractivity contribution in [1.29, 1.82) is 0 Å². The highest BCUT2D eigenvalue weighted by molar-refractivity contribution is 7.97. The predicted octanol–water partition coefficient (Wildman–Crippen LogP) is -3.57. The van der Waals surface area contributed by atoms with E-state index >= 15 is 0 Å². The zero-order valence-electron chi connectivity index (χ0n) is 9.63. The van der Waals surface area contributed by atoms with E-state index in [0.717, 1.165) is 0 Å². The molecular formula is C10H14O8S. The molecule has 0 bridgehead atoms. The molecule has 0 aromatic heterocycles. The minimum Gasteiger partial charge on any atom is -0.453 e. The van der Waals surface area contributed by atoms with Crippen LogP contribution in [0, 0.1) is 11.8 Å². The molecule has 108 valence electrons. The quantitative estimate of drug-likeness (QED) is 0.128. The van der Waals surface area contributed by atoms with Crippen LogP contribution >= 0.6 is 12.6 Å². The zero-order chi connectivity index (χ0) is 15.0. The van der Waals surface area contributed by atoms with Gasteiger partial charge in [-0.05, 0) is 5.92 Å². The Morgan fingerprint density at radius 1 is 1.05 bits per heavy atom. The Balaban J connectivity index is 4.25. The summed E-state index contributed by atoms with van der Waals surface area (Å²) >= 11 is 3.28. The molecule has 0 aliphatic rings. The number of ether oxygens (including phenoxy) is 1. The molecule has 5 N–H and O–H groups in total. The first-order chi connectivity index (χ1) is 8.79. The molecule has 0 aliphatic heterocycles. The van der Waals surface area contributed by atoms with E-state index in [1.165, 1.54) is 0 Å². The fourth-order valence-corrected chi connectivity index (χ4v) is 1.02. The van der Waals surface area contributed by atoms with Gasteiger partial charge in [-0.1, -0.05) is 12.6 Å². The van der Waals surface area contributed by atoms with Crippen LogP contribution in [-0.4, -0.2) is 74.2 Å². The lowest BCUT2D eigenvalue weighted by atomic mass is 10.0. The highest BCUT2D eigenvalue weighted by Crippen LogP contribution is 2.05. The monoisotopic (exact) mass is 294 g/mol. The van der Waals surface area contributed by atoms with E-state index in [1.54, 1.807) is 11.8 Å². The minimum absolute atomic E-state index is 0.718. The van der Waals surface area contributed by atoms with Gasteiger partial charge in [-0.3, -0.25) is 4.79 Å². The van der Waals surface area contributed by atoms with Gasteiger partial charge in [0.2, 0.25) is 0 Å². The maximum atomic E-state index is 10.9. The highest BCUT2D eigenvalue weighted by Gasteiger charge is 2.30. The van der Waals surface area contributed by atoms with Crippen LogP contribution in [0.1, 0.15) is 0 Å². The summed E-state index contributed by atoms with van der Waals surface area (Å²) in [5.74, 6) is 2.41. The van der Waals surface area contributed by atoms with E-state index < -0.39 is 48.7 Å². The number of aliphatic hydroxyl groups excluding tert-OH is 5. The molecule has 19 heavy (non-hydrogen) atoms. The lowest BCUT2D eigenvalue weighted by molar-refractivity contribution is -0.150. The van der Waals surface area contributed by atoms with E-state index in [9.17, 15) is 24.9 Å². The number of carbonyl (C=O) groups excluding carboxylic acids is 2. The Morgan fingerprint density at radius 2 is 1.58 bits per heavy atom. The molecule has 0 saturated carbocycles. The van der Waals surface area contributed by atoms with Crippen molar-refractivity contribution in [3.8, 4) is 11.8 Å². The van der Waals surface area contributed by atoms with Crippen molar-refractivity contribution in [2.45, 2.75) is 24.4 Å². The number of carbonyl (C=O) groups is 2. The van der Waals surface area contributed by atoms with Crippen LogP contribution in [0.4, 0.5) is 0 Å². The number of rotatable bonds is 6. The molecule has 0 radical (unpaired) electrons. The normalized spacial score (nSPS) is 16.5. The zero-order valence-corrected chi connectivity index (χ0v) is 10.5. The second-order valence-corrected chi connectivity index (χ2v) is 3.86. The van der Waals surface area contributed by atoms with Crippen molar-refractivity contribution in [2.24, 2.45) is 0 Å². The van der Waals surface area contributed by atoms with Crippen molar-refractivity contribution < 1.29 is 39.9 Å². The first kappa shape index (κ1) is 17.8. The van der Waals surface area contributed by atoms with Crippen molar-refractivity contribution >= 4 is 23.7 Å². The molecule has 0 spiro atoms. The van der Waals surface area contributed by atoms with Crippen LogP contribution in [0.2, 0.25) is 0 Å². The Hall–Kier alpha value is -1.15. The van der Waals surface area contributed by atoms with E-state index in [0.29, 0.717) is 0 Å². The summed E-state index contributed by atoms with van der Waals surface area (Å²) in [6.45, 7) is -1.54. The van der Waals surface area contributed by atoms with Gasteiger partial charge in [-0.25, -0.2) is 4.79 Å². The van der Waals surface area contributed by atoms with Crippen LogP contribution in [0.15, 0.2) is 0 Å². The number of esters is 1. The van der Waals surface area contributed by atoms with Crippen LogP contribution in [0.3, 0.4) is 0 Å². The topological polar surface area (TPSA) is 145 Å². The van der Waals surface area contributed by atoms with Gasteiger partial charge in [0, 0.05) is 5.92 Å². The van der Waals surface area contributed by atoms with Crippen molar-refractivity contribution in [2.75, 3.05) is 13.2 Å². The van der Waals surface area contributed by atoms with Gasteiger partial charge in [-0.15, -0.1) is 0 Å². The maximum absolute atomic E-state index is 10.9. The van der Waals surface area contributed by atoms with E-state index in [1.807, 2.05) is 0 Å². The fraction of sp³-hybridized carbons (Fsp3) is 0.600. The predicted molar refractivity (Wildman–Crippen MR) is 63.8 cm³/mol. The van der Waals surface area contributed by atoms with E-state index in [2.05, 4.69) is 17.4 Å². The molecule has 8 nitrogen and oxygen atoms in total. The van der Waals surface area contributed by atoms with Gasteiger partial charge in [0.15, 0.2) is 0 Å². The van der Waals surface area contributed by atoms with Gasteiger partial charge in [0.1, 0.15) is 31.0 Å². The molecule has 0 saturated heterocycles. The summed E-state index contributed by atoms with van der Waals surface area (Å²) in [5.41, 5.74) is 0. The summed E-state index contributed by atoms with van der Waals surface area (Å²) in [5, 5.41) is 44.7. The largest absolute Gasteiger partial charge is 0.453 e. The Morgan fingerprint density at radius 3 is 2.05 bits per heavy atom. The Labute approximate surface area is 114 Å². The van der Waals surface area contributed by atoms with Gasteiger partial charge < -0.3 is 30.3 Å². The first-order valence-corrected chi connectivity index (χ1v) is 5.49. The van der Waals surface area contributed by atoms with Gasteiger partial charge in [0.05, 0.1) is 6.61 Å². The molecule has 9 heteroatoms. The van der Waals surface area contributed by atoms with Crippen LogP contribution in [-0.2, 0) is 14.3 Å². The third-order valence-corrected chi connectivity index (χ3v) is 2.09. The molecule has 0 rings (SSSR count). The molecule has 0 aliphatic carbocycles. The molecule has 0 heterocycles. The van der Waals surface area contributed by atoms with Crippen molar-refractivity contribution in [1.82, 2.24) is 0 Å². The second kappa shape index (κ2) is 8.87. The molecule has 0 fully saturated rings. The average molecular weight is 294 g/mol. The number of hydrogen-bond acceptors (Lipinski definition) is 8.